The lowest BCUT2D eigenvalue weighted by Crippen LogP contribution is -2.36. The molecule has 8 rings (SSSR count). The van der Waals surface area contributed by atoms with Crippen LogP contribution in [0, 0.1) is 0 Å². The number of hydrogen-bond donors (Lipinski definition) is 2. The number of nitrogens with one attached hydrogen (secondary N) is 2. The van der Waals surface area contributed by atoms with E-state index in [2.05, 4.69) is 69.0 Å². The minimum absolute atomic E-state index is 0.165. The van der Waals surface area contributed by atoms with Crippen molar-refractivity contribution in [2.45, 2.75) is 22.9 Å². The Balaban J connectivity index is 0.872. The van der Waals surface area contributed by atoms with Crippen molar-refractivity contribution in [3.63, 3.8) is 0 Å². The van der Waals surface area contributed by atoms with Crippen molar-refractivity contribution in [1.29, 1.82) is 0 Å². The van der Waals surface area contributed by atoms with E-state index in [1.54, 1.807) is 34.0 Å². The van der Waals surface area contributed by atoms with Crippen LogP contribution in [0.3, 0.4) is 0 Å². The Labute approximate surface area is 322 Å². The number of rotatable bonds is 11. The summed E-state index contributed by atoms with van der Waals surface area (Å²) in [5.74, 6) is -0.329. The fraction of sp³-hybridized carbons (Fsp3) is 0.238. The van der Waals surface area contributed by atoms with Crippen molar-refractivity contribution in [1.82, 2.24) is 20.6 Å². The molecule has 2 amide bonds. The molecule has 2 fully saturated rings. The summed E-state index contributed by atoms with van der Waals surface area (Å²) in [6, 6.07) is 32.4. The molecule has 2 aliphatic heterocycles. The number of morpholine rings is 2. The van der Waals surface area contributed by atoms with E-state index < -0.39 is 0 Å². The van der Waals surface area contributed by atoms with Crippen LogP contribution in [0.1, 0.15) is 31.8 Å². The Hall–Kier alpha value is -5.14. The smallest absolute Gasteiger partial charge is 0.253 e. The fourth-order valence-corrected chi connectivity index (χ4v) is 8.89. The summed E-state index contributed by atoms with van der Waals surface area (Å²) >= 11 is 0. The molecule has 12 heteroatoms. The summed E-state index contributed by atoms with van der Waals surface area (Å²) < 4.78 is 10.9. The van der Waals surface area contributed by atoms with Gasteiger partial charge in [0, 0.05) is 83.6 Å². The van der Waals surface area contributed by atoms with E-state index in [4.69, 9.17) is 19.4 Å². The number of pyridine rings is 2. The van der Waals surface area contributed by atoms with Crippen molar-refractivity contribution in [3.8, 4) is 0 Å². The normalized spacial score (nSPS) is 14.7. The molecule has 2 saturated heterocycles. The number of fused-ring (bicyclic) bond motifs is 2. The van der Waals surface area contributed by atoms with Crippen LogP contribution in [-0.4, -0.2) is 74.4 Å². The zero-order valence-corrected chi connectivity index (χ0v) is 31.3. The van der Waals surface area contributed by atoms with Crippen LogP contribution in [0.4, 0.5) is 11.4 Å². The monoisotopic (exact) mass is 756 g/mol. The quantitative estimate of drug-likeness (QED) is 0.133. The lowest BCUT2D eigenvalue weighted by molar-refractivity contribution is 0.0942. The molecule has 0 atom stereocenters. The Morgan fingerprint density at radius 1 is 0.574 bits per heavy atom. The Bertz CT molecular complexity index is 2100. The number of amides is 2. The maximum atomic E-state index is 13.1. The molecular weight excluding hydrogens is 717 g/mol. The predicted octanol–water partition coefficient (Wildman–Crippen LogP) is 7.12. The minimum atomic E-state index is -0.165. The second-order valence-corrected chi connectivity index (χ2v) is 15.4. The van der Waals surface area contributed by atoms with E-state index in [-0.39, 0.29) is 11.8 Å². The number of carbonyl (C=O) groups excluding carboxylic acids is 2. The Morgan fingerprint density at radius 2 is 0.981 bits per heavy atom. The van der Waals surface area contributed by atoms with Crippen LogP contribution in [0.5, 0.6) is 0 Å². The molecule has 4 heterocycles. The third-order valence-corrected chi connectivity index (χ3v) is 12.1. The van der Waals surface area contributed by atoms with Gasteiger partial charge in [0.05, 0.1) is 48.6 Å². The third-order valence-electron chi connectivity index (χ3n) is 9.62. The van der Waals surface area contributed by atoms with Gasteiger partial charge in [0.25, 0.3) is 11.8 Å². The summed E-state index contributed by atoms with van der Waals surface area (Å²) in [5, 5.41) is 7.86. The largest absolute Gasteiger partial charge is 0.378 e. The van der Waals surface area contributed by atoms with Gasteiger partial charge in [0.1, 0.15) is 0 Å². The fourth-order valence-electron chi connectivity index (χ4n) is 6.60. The molecule has 0 radical (unpaired) electrons. The van der Waals surface area contributed by atoms with Crippen LogP contribution in [0.2, 0.25) is 0 Å². The average Bonchev–Trinajstić information content (AvgIpc) is 3.24. The highest BCUT2D eigenvalue weighted by atomic mass is 33.1. The van der Waals surface area contributed by atoms with Gasteiger partial charge in [-0.1, -0.05) is 70.1 Å². The molecule has 2 aromatic heterocycles. The molecule has 0 aliphatic carbocycles. The molecule has 2 aliphatic rings. The number of ether oxygens (including phenoxy) is 2. The first-order chi connectivity index (χ1) is 26.6. The lowest BCUT2D eigenvalue weighted by Gasteiger charge is -2.28. The number of carbonyl (C=O) groups is 2. The van der Waals surface area contributed by atoms with Crippen molar-refractivity contribution >= 4 is 66.6 Å². The van der Waals surface area contributed by atoms with Gasteiger partial charge in [-0.3, -0.25) is 19.6 Å². The minimum Gasteiger partial charge on any atom is -0.378 e. The van der Waals surface area contributed by atoms with E-state index >= 15 is 0 Å². The number of anilines is 2. The summed E-state index contributed by atoms with van der Waals surface area (Å²) in [7, 11) is 3.18. The van der Waals surface area contributed by atoms with Crippen LogP contribution < -0.4 is 20.4 Å². The van der Waals surface area contributed by atoms with Crippen molar-refractivity contribution in [2.24, 2.45) is 0 Å². The van der Waals surface area contributed by atoms with Gasteiger partial charge in [-0.05, 0) is 59.7 Å². The van der Waals surface area contributed by atoms with Crippen molar-refractivity contribution in [3.05, 3.63) is 132 Å². The molecule has 274 valence electrons. The standard InChI is InChI=1S/C42H40N6O4S2/c49-41(45-25-29-7-11-35(12-8-29)47-15-19-51-20-16-47)33-23-31-3-1-5-37(39(31)43-27-33)53-54-38-6-2-4-32-24-34(28-44-40(32)38)42(50)46-26-30-9-13-36(14-10-30)48-17-21-52-22-18-48/h1-14,23-24,27-28H,15-22,25-26H2,(H,45,49)(H,46,50). The topological polar surface area (TPSA) is 109 Å². The summed E-state index contributed by atoms with van der Waals surface area (Å²) in [6.45, 7) is 7.41. The highest BCUT2D eigenvalue weighted by Crippen LogP contribution is 2.42. The first-order valence-electron chi connectivity index (χ1n) is 18.1. The van der Waals surface area contributed by atoms with E-state index in [0.717, 1.165) is 95.3 Å². The zero-order chi connectivity index (χ0) is 36.7. The molecule has 2 N–H and O–H groups in total. The predicted molar refractivity (Wildman–Crippen MR) is 216 cm³/mol. The van der Waals surface area contributed by atoms with Crippen LogP contribution in [-0.2, 0) is 22.6 Å². The maximum Gasteiger partial charge on any atom is 0.253 e. The van der Waals surface area contributed by atoms with E-state index in [9.17, 15) is 9.59 Å². The maximum absolute atomic E-state index is 13.1. The SMILES string of the molecule is O=C(NCc1ccc(N2CCOCC2)cc1)c1cnc2c(SSc3cccc4cc(C(=O)NCc5ccc(N6CCOCC6)cc5)cnc34)cccc2c1. The van der Waals surface area contributed by atoms with Gasteiger partial charge in [0.15, 0.2) is 0 Å². The molecule has 6 aromatic rings. The third kappa shape index (κ3) is 8.47. The van der Waals surface area contributed by atoms with Crippen molar-refractivity contribution < 1.29 is 19.1 Å². The van der Waals surface area contributed by atoms with E-state index in [0.29, 0.717) is 24.2 Å². The molecule has 10 nitrogen and oxygen atoms in total. The summed E-state index contributed by atoms with van der Waals surface area (Å²) in [4.78, 5) is 42.2. The molecule has 0 bridgehead atoms. The number of hydrogen-bond acceptors (Lipinski definition) is 10. The number of aromatic nitrogens is 2. The number of para-hydroxylation sites is 2. The van der Waals surface area contributed by atoms with Crippen molar-refractivity contribution in [2.75, 3.05) is 62.4 Å². The Morgan fingerprint density at radius 3 is 1.39 bits per heavy atom. The number of nitrogens with zero attached hydrogens (tertiary/aromatic N) is 4. The number of benzene rings is 4. The lowest BCUT2D eigenvalue weighted by atomic mass is 10.1. The van der Waals surface area contributed by atoms with Gasteiger partial charge < -0.3 is 29.9 Å². The van der Waals surface area contributed by atoms with Gasteiger partial charge in [-0.15, -0.1) is 0 Å². The molecular formula is C42H40N6O4S2. The highest BCUT2D eigenvalue weighted by molar-refractivity contribution is 8.76. The van der Waals surface area contributed by atoms with Crippen LogP contribution >= 0.6 is 21.6 Å². The first-order valence-corrected chi connectivity index (χ1v) is 20.2. The second kappa shape index (κ2) is 16.9. The molecule has 54 heavy (non-hydrogen) atoms. The van der Waals surface area contributed by atoms with E-state index in [1.165, 1.54) is 11.4 Å². The molecule has 4 aromatic carbocycles. The second-order valence-electron chi connectivity index (χ2n) is 13.2. The van der Waals surface area contributed by atoms with Crippen LogP contribution in [0.25, 0.3) is 21.8 Å². The van der Waals surface area contributed by atoms with Crippen LogP contribution in [0.15, 0.2) is 119 Å². The van der Waals surface area contributed by atoms with Gasteiger partial charge in [0.2, 0.25) is 0 Å². The molecule has 0 unspecified atom stereocenters. The summed E-state index contributed by atoms with van der Waals surface area (Å²) in [5.41, 5.74) is 7.10. The highest BCUT2D eigenvalue weighted by Gasteiger charge is 2.15. The van der Waals surface area contributed by atoms with Gasteiger partial charge >= 0.3 is 0 Å². The summed E-state index contributed by atoms with van der Waals surface area (Å²) in [6.07, 6.45) is 3.28. The zero-order valence-electron chi connectivity index (χ0n) is 29.7. The van der Waals surface area contributed by atoms with Gasteiger partial charge in [-0.25, -0.2) is 0 Å². The average molecular weight is 757 g/mol. The Kier molecular flexibility index (Phi) is 11.2. The van der Waals surface area contributed by atoms with Gasteiger partial charge in [-0.2, -0.15) is 0 Å². The molecule has 0 spiro atoms. The van der Waals surface area contributed by atoms with E-state index in [1.807, 2.05) is 48.5 Å². The first kappa shape index (κ1) is 35.9. The molecule has 0 saturated carbocycles.